The highest BCUT2D eigenvalue weighted by atomic mass is 16.6. The Morgan fingerprint density at radius 3 is 2.41 bits per heavy atom. The molecule has 0 heterocycles. The van der Waals surface area contributed by atoms with Crippen LogP contribution < -0.4 is 5.32 Å². The molecule has 1 aromatic carbocycles. The molecule has 2 rings (SSSR count). The van der Waals surface area contributed by atoms with E-state index in [2.05, 4.69) is 5.32 Å². The van der Waals surface area contributed by atoms with Gasteiger partial charge in [-0.1, -0.05) is 0 Å². The molecule has 1 fully saturated rings. The Balaban J connectivity index is 2.07. The van der Waals surface area contributed by atoms with Gasteiger partial charge in [-0.15, -0.1) is 0 Å². The number of nitro groups is 1. The number of benzene rings is 1. The van der Waals surface area contributed by atoms with Crippen LogP contribution in [0.4, 0.5) is 11.4 Å². The number of aliphatic carboxylic acids is 1. The number of carbonyl (C=O) groups is 1. The van der Waals surface area contributed by atoms with Gasteiger partial charge in [0.05, 0.1) is 4.92 Å². The van der Waals surface area contributed by atoms with Gasteiger partial charge < -0.3 is 10.4 Å². The Kier molecular flexibility index (Phi) is 2.95. The second-order valence-electron chi connectivity index (χ2n) is 4.10. The van der Waals surface area contributed by atoms with Crippen LogP contribution in [0.25, 0.3) is 0 Å². The van der Waals surface area contributed by atoms with E-state index >= 15 is 0 Å². The molecule has 0 radical (unpaired) electrons. The molecule has 6 nitrogen and oxygen atoms in total. The first-order valence-electron chi connectivity index (χ1n) is 5.32. The van der Waals surface area contributed by atoms with Gasteiger partial charge in [0, 0.05) is 17.8 Å². The highest BCUT2D eigenvalue weighted by Gasteiger charge is 2.36. The number of hydrogen-bond donors (Lipinski definition) is 2. The quantitative estimate of drug-likeness (QED) is 0.601. The number of hydrogen-bond acceptors (Lipinski definition) is 4. The molecular formula is C11H12N2O4. The fourth-order valence-electron chi connectivity index (χ4n) is 1.67. The second kappa shape index (κ2) is 4.40. The Labute approximate surface area is 97.4 Å². The van der Waals surface area contributed by atoms with E-state index in [0.29, 0.717) is 5.69 Å². The lowest BCUT2D eigenvalue weighted by Gasteiger charge is -2.14. The van der Waals surface area contributed by atoms with Crippen molar-refractivity contribution in [1.82, 2.24) is 0 Å². The normalized spacial score (nSPS) is 16.2. The van der Waals surface area contributed by atoms with Crippen LogP contribution in [0.3, 0.4) is 0 Å². The molecule has 0 spiro atoms. The van der Waals surface area contributed by atoms with Crippen LogP contribution >= 0.6 is 0 Å². The standard InChI is InChI=1S/C11H12N2O4/c14-11(15)10(7-1-2-7)12-8-3-5-9(6-4-8)13(16)17/h3-7,10,12H,1-2H2,(H,14,15). The summed E-state index contributed by atoms with van der Waals surface area (Å²) >= 11 is 0. The summed E-state index contributed by atoms with van der Waals surface area (Å²) in [5, 5.41) is 22.4. The van der Waals surface area contributed by atoms with Gasteiger partial charge in [-0.2, -0.15) is 0 Å². The number of nitro benzene ring substituents is 1. The Bertz CT molecular complexity index is 439. The average molecular weight is 236 g/mol. The molecule has 1 atom stereocenters. The summed E-state index contributed by atoms with van der Waals surface area (Å²) in [4.78, 5) is 21.0. The molecule has 0 saturated heterocycles. The van der Waals surface area contributed by atoms with Crippen LogP contribution in [-0.4, -0.2) is 22.0 Å². The third-order valence-electron chi connectivity index (χ3n) is 2.76. The van der Waals surface area contributed by atoms with Crippen molar-refractivity contribution >= 4 is 17.3 Å². The van der Waals surface area contributed by atoms with Gasteiger partial charge in [0.15, 0.2) is 0 Å². The third-order valence-corrected chi connectivity index (χ3v) is 2.76. The molecular weight excluding hydrogens is 224 g/mol. The molecule has 6 heteroatoms. The van der Waals surface area contributed by atoms with Crippen LogP contribution in [0, 0.1) is 16.0 Å². The minimum atomic E-state index is -0.883. The van der Waals surface area contributed by atoms with Gasteiger partial charge >= 0.3 is 5.97 Å². The molecule has 0 aromatic heterocycles. The maximum atomic E-state index is 11.0. The predicted octanol–water partition coefficient (Wildman–Crippen LogP) is 1.87. The molecule has 17 heavy (non-hydrogen) atoms. The average Bonchev–Trinajstić information content (AvgIpc) is 3.10. The van der Waals surface area contributed by atoms with Gasteiger partial charge in [0.25, 0.3) is 5.69 Å². The Morgan fingerprint density at radius 1 is 1.41 bits per heavy atom. The van der Waals surface area contributed by atoms with Gasteiger partial charge in [-0.25, -0.2) is 4.79 Å². The summed E-state index contributed by atoms with van der Waals surface area (Å²) < 4.78 is 0. The number of nitrogens with zero attached hydrogens (tertiary/aromatic N) is 1. The van der Waals surface area contributed by atoms with Crippen molar-refractivity contribution in [2.24, 2.45) is 5.92 Å². The van der Waals surface area contributed by atoms with Gasteiger partial charge in [0.1, 0.15) is 6.04 Å². The molecule has 1 unspecified atom stereocenters. The van der Waals surface area contributed by atoms with Crippen molar-refractivity contribution in [3.63, 3.8) is 0 Å². The van der Waals surface area contributed by atoms with Crippen LogP contribution in [0.15, 0.2) is 24.3 Å². The molecule has 0 aliphatic heterocycles. The van der Waals surface area contributed by atoms with E-state index in [-0.39, 0.29) is 11.6 Å². The Morgan fingerprint density at radius 2 is 2.00 bits per heavy atom. The first-order chi connectivity index (χ1) is 8.08. The largest absolute Gasteiger partial charge is 0.480 e. The zero-order chi connectivity index (χ0) is 12.4. The zero-order valence-electron chi connectivity index (χ0n) is 9.00. The summed E-state index contributed by atoms with van der Waals surface area (Å²) in [6.45, 7) is 0. The molecule has 1 aliphatic rings. The Hall–Kier alpha value is -2.11. The smallest absolute Gasteiger partial charge is 0.326 e. The molecule has 90 valence electrons. The van der Waals surface area contributed by atoms with Crippen molar-refractivity contribution in [2.45, 2.75) is 18.9 Å². The van der Waals surface area contributed by atoms with Crippen LogP contribution in [0.2, 0.25) is 0 Å². The van der Waals surface area contributed by atoms with E-state index in [4.69, 9.17) is 5.11 Å². The summed E-state index contributed by atoms with van der Waals surface area (Å²) in [5.74, 6) is -0.714. The van der Waals surface area contributed by atoms with Crippen molar-refractivity contribution in [2.75, 3.05) is 5.32 Å². The first-order valence-corrected chi connectivity index (χ1v) is 5.32. The molecule has 1 aromatic rings. The molecule has 0 bridgehead atoms. The fourth-order valence-corrected chi connectivity index (χ4v) is 1.67. The zero-order valence-corrected chi connectivity index (χ0v) is 9.00. The van der Waals surface area contributed by atoms with Crippen LogP contribution in [-0.2, 0) is 4.79 Å². The highest BCUT2D eigenvalue weighted by molar-refractivity contribution is 5.78. The van der Waals surface area contributed by atoms with E-state index < -0.39 is 16.9 Å². The second-order valence-corrected chi connectivity index (χ2v) is 4.10. The van der Waals surface area contributed by atoms with Gasteiger partial charge in [-0.05, 0) is 30.9 Å². The van der Waals surface area contributed by atoms with Crippen LogP contribution in [0.5, 0.6) is 0 Å². The SMILES string of the molecule is O=C(O)C(Nc1ccc([N+](=O)[O-])cc1)C1CC1. The number of anilines is 1. The summed E-state index contributed by atoms with van der Waals surface area (Å²) in [5.41, 5.74) is 0.587. The van der Waals surface area contributed by atoms with E-state index in [1.165, 1.54) is 24.3 Å². The number of rotatable bonds is 5. The number of carboxylic acids is 1. The predicted molar refractivity (Wildman–Crippen MR) is 60.9 cm³/mol. The maximum Gasteiger partial charge on any atom is 0.326 e. The van der Waals surface area contributed by atoms with E-state index in [1.807, 2.05) is 0 Å². The molecule has 0 amide bonds. The number of nitrogens with one attached hydrogen (secondary N) is 1. The molecule has 1 aliphatic carbocycles. The number of carboxylic acid groups (broad SMARTS) is 1. The number of non-ortho nitro benzene ring substituents is 1. The minimum absolute atomic E-state index is 0.00570. The lowest BCUT2D eigenvalue weighted by molar-refractivity contribution is -0.384. The summed E-state index contributed by atoms with van der Waals surface area (Å²) in [7, 11) is 0. The maximum absolute atomic E-state index is 11.0. The topological polar surface area (TPSA) is 92.5 Å². The first kappa shape index (κ1) is 11.4. The third kappa shape index (κ3) is 2.72. The molecule has 1 saturated carbocycles. The summed E-state index contributed by atoms with van der Waals surface area (Å²) in [6, 6.07) is 5.16. The lowest BCUT2D eigenvalue weighted by atomic mass is 10.1. The van der Waals surface area contributed by atoms with E-state index in [9.17, 15) is 14.9 Å². The van der Waals surface area contributed by atoms with Crippen molar-refractivity contribution < 1.29 is 14.8 Å². The van der Waals surface area contributed by atoms with Gasteiger partial charge in [0.2, 0.25) is 0 Å². The summed E-state index contributed by atoms with van der Waals surface area (Å²) in [6.07, 6.45) is 1.83. The highest BCUT2D eigenvalue weighted by Crippen LogP contribution is 2.34. The fraction of sp³-hybridized carbons (Fsp3) is 0.364. The minimum Gasteiger partial charge on any atom is -0.480 e. The van der Waals surface area contributed by atoms with E-state index in [1.54, 1.807) is 0 Å². The van der Waals surface area contributed by atoms with Crippen molar-refractivity contribution in [1.29, 1.82) is 0 Å². The van der Waals surface area contributed by atoms with E-state index in [0.717, 1.165) is 12.8 Å². The van der Waals surface area contributed by atoms with Crippen LogP contribution in [0.1, 0.15) is 12.8 Å². The molecule has 2 N–H and O–H groups in total. The van der Waals surface area contributed by atoms with Crippen molar-refractivity contribution in [3.05, 3.63) is 34.4 Å². The monoisotopic (exact) mass is 236 g/mol. The van der Waals surface area contributed by atoms with Gasteiger partial charge in [-0.3, -0.25) is 10.1 Å². The van der Waals surface area contributed by atoms with Crippen molar-refractivity contribution in [3.8, 4) is 0 Å². The lowest BCUT2D eigenvalue weighted by Crippen LogP contribution is -2.31.